The second-order valence-corrected chi connectivity index (χ2v) is 8.94. The first kappa shape index (κ1) is 19.3. The lowest BCUT2D eigenvalue weighted by Gasteiger charge is -2.39. The Hall–Kier alpha value is -2.01. The average molecular weight is 386 g/mol. The number of hydrogen-bond acceptors (Lipinski definition) is 5. The van der Waals surface area contributed by atoms with Crippen LogP contribution in [-0.2, 0) is 12.8 Å². The molecule has 3 atom stereocenters. The second kappa shape index (κ2) is 6.80. The molecule has 0 unspecified atom stereocenters. The van der Waals surface area contributed by atoms with Crippen LogP contribution in [0.1, 0.15) is 76.7 Å². The summed E-state index contributed by atoms with van der Waals surface area (Å²) in [5.41, 5.74) is 2.26. The molecule has 1 N–H and O–H groups in total. The van der Waals surface area contributed by atoms with Gasteiger partial charge in [0.05, 0.1) is 17.1 Å². The fraction of sp³-hybridized carbons (Fsp3) is 0.609. The molecule has 0 bridgehead atoms. The zero-order valence-corrected chi connectivity index (χ0v) is 17.4. The van der Waals surface area contributed by atoms with Crippen molar-refractivity contribution in [3.63, 3.8) is 0 Å². The van der Waals surface area contributed by atoms with Gasteiger partial charge in [-0.05, 0) is 52.0 Å². The number of ether oxygens (including phenoxy) is 2. The van der Waals surface area contributed by atoms with Crippen LogP contribution in [0, 0.1) is 5.92 Å². The molecular formula is C23H30O5. The highest BCUT2D eigenvalue weighted by Crippen LogP contribution is 2.52. The van der Waals surface area contributed by atoms with E-state index < -0.39 is 11.7 Å². The molecule has 2 aromatic rings. The molecule has 0 spiro atoms. The number of aliphatic hydroxyl groups excluding tert-OH is 1. The average Bonchev–Trinajstić information content (AvgIpc) is 2.62. The summed E-state index contributed by atoms with van der Waals surface area (Å²) < 4.78 is 18.4. The van der Waals surface area contributed by atoms with Crippen LogP contribution in [0.4, 0.5) is 0 Å². The molecular weight excluding hydrogens is 356 g/mol. The summed E-state index contributed by atoms with van der Waals surface area (Å²) in [5.74, 6) is 1.31. The molecule has 1 aromatic carbocycles. The molecule has 2 aliphatic heterocycles. The van der Waals surface area contributed by atoms with Gasteiger partial charge in [0.15, 0.2) is 5.58 Å². The Bertz CT molecular complexity index is 971. The smallest absolute Gasteiger partial charge is 0.336 e. The van der Waals surface area contributed by atoms with Crippen LogP contribution in [-0.4, -0.2) is 16.8 Å². The van der Waals surface area contributed by atoms with Crippen molar-refractivity contribution in [3.05, 3.63) is 33.2 Å². The van der Waals surface area contributed by atoms with Gasteiger partial charge in [-0.25, -0.2) is 4.79 Å². The molecule has 2 aliphatic rings. The van der Waals surface area contributed by atoms with Crippen molar-refractivity contribution < 1.29 is 19.0 Å². The second-order valence-electron chi connectivity index (χ2n) is 8.94. The molecule has 5 heteroatoms. The van der Waals surface area contributed by atoms with E-state index in [9.17, 15) is 9.90 Å². The molecule has 0 saturated heterocycles. The fourth-order valence-corrected chi connectivity index (χ4v) is 4.37. The number of benzene rings is 1. The van der Waals surface area contributed by atoms with Crippen LogP contribution in [0.15, 0.2) is 15.3 Å². The first-order valence-corrected chi connectivity index (χ1v) is 10.4. The normalized spacial score (nSPS) is 25.6. The first-order chi connectivity index (χ1) is 13.2. The minimum atomic E-state index is -0.744. The summed E-state index contributed by atoms with van der Waals surface area (Å²) in [7, 11) is 0. The maximum Gasteiger partial charge on any atom is 0.336 e. The van der Waals surface area contributed by atoms with Crippen molar-refractivity contribution in [1.29, 1.82) is 0 Å². The van der Waals surface area contributed by atoms with Gasteiger partial charge in [-0.15, -0.1) is 0 Å². The molecule has 1 aromatic heterocycles. The summed E-state index contributed by atoms with van der Waals surface area (Å²) in [6.07, 6.45) is 3.57. The van der Waals surface area contributed by atoms with Crippen LogP contribution in [0.2, 0.25) is 0 Å². The van der Waals surface area contributed by atoms with Crippen molar-refractivity contribution in [2.24, 2.45) is 5.92 Å². The van der Waals surface area contributed by atoms with Crippen molar-refractivity contribution >= 4 is 11.0 Å². The Balaban J connectivity index is 2.10. The number of fused-ring (bicyclic) bond motifs is 6. The lowest BCUT2D eigenvalue weighted by atomic mass is 9.83. The Morgan fingerprint density at radius 2 is 2.00 bits per heavy atom. The molecule has 3 heterocycles. The monoisotopic (exact) mass is 386 g/mol. The summed E-state index contributed by atoms with van der Waals surface area (Å²) in [5, 5.41) is 11.9. The third-order valence-corrected chi connectivity index (χ3v) is 6.30. The van der Waals surface area contributed by atoms with Crippen LogP contribution in [0.25, 0.3) is 11.0 Å². The van der Waals surface area contributed by atoms with Gasteiger partial charge in [0.25, 0.3) is 0 Å². The Morgan fingerprint density at radius 1 is 1.25 bits per heavy atom. The van der Waals surface area contributed by atoms with E-state index in [0.29, 0.717) is 16.9 Å². The molecule has 0 aliphatic carbocycles. The number of hydrogen-bond donors (Lipinski definition) is 1. The zero-order chi connectivity index (χ0) is 20.2. The topological polar surface area (TPSA) is 68.9 Å². The van der Waals surface area contributed by atoms with Crippen LogP contribution >= 0.6 is 0 Å². The van der Waals surface area contributed by atoms with Gasteiger partial charge < -0.3 is 19.0 Å². The predicted molar refractivity (Wildman–Crippen MR) is 108 cm³/mol. The Morgan fingerprint density at radius 3 is 2.71 bits per heavy atom. The van der Waals surface area contributed by atoms with E-state index in [1.54, 1.807) is 6.07 Å². The summed E-state index contributed by atoms with van der Waals surface area (Å²) in [6, 6.07) is 1.58. The third kappa shape index (κ3) is 3.00. The summed E-state index contributed by atoms with van der Waals surface area (Å²) in [4.78, 5) is 12.4. The van der Waals surface area contributed by atoms with E-state index in [1.807, 2.05) is 13.8 Å². The number of aryl methyl sites for hydroxylation is 1. The van der Waals surface area contributed by atoms with Crippen LogP contribution < -0.4 is 15.1 Å². The first-order valence-electron chi connectivity index (χ1n) is 10.4. The van der Waals surface area contributed by atoms with Gasteiger partial charge in [-0.3, -0.25) is 0 Å². The quantitative estimate of drug-likeness (QED) is 0.775. The van der Waals surface area contributed by atoms with Gasteiger partial charge in [-0.1, -0.05) is 20.3 Å². The number of aliphatic hydroxyl groups is 1. The summed E-state index contributed by atoms with van der Waals surface area (Å²) in [6.45, 7) is 10.2. The molecule has 0 radical (unpaired) electrons. The van der Waals surface area contributed by atoms with Crippen molar-refractivity contribution in [2.45, 2.75) is 84.5 Å². The van der Waals surface area contributed by atoms with E-state index in [0.717, 1.165) is 54.4 Å². The van der Waals surface area contributed by atoms with E-state index in [4.69, 9.17) is 13.9 Å². The Kier molecular flexibility index (Phi) is 4.69. The Labute approximate surface area is 165 Å². The highest BCUT2D eigenvalue weighted by Gasteiger charge is 2.41. The standard InChI is InChI=1S/C23H30O5/c1-6-7-8-14-11-16(24)27-22-17(14)21-15(9-10-23(4,5)28-21)20-18(22)19(25)12(2)13(3)26-20/h11-13,19,25H,6-10H2,1-5H3/t12-,13-,19-/m0/s1. The molecule has 0 amide bonds. The van der Waals surface area contributed by atoms with E-state index in [2.05, 4.69) is 20.8 Å². The van der Waals surface area contributed by atoms with Crippen LogP contribution in [0.5, 0.6) is 11.5 Å². The highest BCUT2D eigenvalue weighted by atomic mass is 16.5. The third-order valence-electron chi connectivity index (χ3n) is 6.30. The summed E-state index contributed by atoms with van der Waals surface area (Å²) >= 11 is 0. The zero-order valence-electron chi connectivity index (χ0n) is 17.4. The maximum absolute atomic E-state index is 12.4. The van der Waals surface area contributed by atoms with E-state index >= 15 is 0 Å². The molecule has 5 nitrogen and oxygen atoms in total. The van der Waals surface area contributed by atoms with Gasteiger partial charge in [0, 0.05) is 17.5 Å². The van der Waals surface area contributed by atoms with Gasteiger partial charge in [0.2, 0.25) is 0 Å². The minimum absolute atomic E-state index is 0.0979. The minimum Gasteiger partial charge on any atom is -0.489 e. The largest absolute Gasteiger partial charge is 0.489 e. The lowest BCUT2D eigenvalue weighted by Crippen LogP contribution is -2.36. The van der Waals surface area contributed by atoms with Crippen molar-refractivity contribution in [1.82, 2.24) is 0 Å². The molecule has 4 rings (SSSR count). The number of rotatable bonds is 3. The highest BCUT2D eigenvalue weighted by molar-refractivity contribution is 5.94. The number of unbranched alkanes of at least 4 members (excludes halogenated alkanes) is 1. The molecule has 152 valence electrons. The van der Waals surface area contributed by atoms with E-state index in [1.165, 1.54) is 0 Å². The van der Waals surface area contributed by atoms with Crippen LogP contribution in [0.3, 0.4) is 0 Å². The molecule has 0 fully saturated rings. The predicted octanol–water partition coefficient (Wildman–Crippen LogP) is 4.69. The lowest BCUT2D eigenvalue weighted by molar-refractivity contribution is 0.0151. The van der Waals surface area contributed by atoms with Gasteiger partial charge in [-0.2, -0.15) is 0 Å². The van der Waals surface area contributed by atoms with Gasteiger partial charge in [0.1, 0.15) is 23.2 Å². The molecule has 28 heavy (non-hydrogen) atoms. The van der Waals surface area contributed by atoms with Crippen molar-refractivity contribution in [2.75, 3.05) is 0 Å². The van der Waals surface area contributed by atoms with Crippen molar-refractivity contribution in [3.8, 4) is 11.5 Å². The maximum atomic E-state index is 12.4. The molecule has 0 saturated carbocycles. The SMILES string of the molecule is CCCCc1cc(=O)oc2c3c(c4c(c12)OC(C)(C)CC4)O[C@@H](C)[C@H](C)[C@@H]3O. The van der Waals surface area contributed by atoms with Gasteiger partial charge >= 0.3 is 5.63 Å². The fourth-order valence-electron chi connectivity index (χ4n) is 4.37. The van der Waals surface area contributed by atoms with E-state index in [-0.39, 0.29) is 17.6 Å².